The molecule has 2 N–H and O–H groups in total. The molecule has 3 aromatic rings. The van der Waals surface area contributed by atoms with Gasteiger partial charge < -0.3 is 4.74 Å². The Balaban J connectivity index is 1.96. The fourth-order valence-electron chi connectivity index (χ4n) is 2.79. The van der Waals surface area contributed by atoms with E-state index in [9.17, 15) is 18.0 Å². The van der Waals surface area contributed by atoms with Gasteiger partial charge in [0, 0.05) is 30.4 Å². The van der Waals surface area contributed by atoms with Crippen LogP contribution in [0.15, 0.2) is 58.5 Å². The van der Waals surface area contributed by atoms with Crippen molar-refractivity contribution in [2.75, 3.05) is 0 Å². The molecule has 9 nitrogen and oxygen atoms in total. The molecule has 0 saturated carbocycles. The first kappa shape index (κ1) is 21.5. The van der Waals surface area contributed by atoms with Gasteiger partial charge in [0.25, 0.3) is 5.56 Å². The first-order chi connectivity index (χ1) is 14.0. The number of nitrogens with zero attached hydrogens (tertiary/aromatic N) is 2. The molecule has 0 unspecified atom stereocenters. The Morgan fingerprint density at radius 3 is 2.43 bits per heavy atom. The second kappa shape index (κ2) is 7.88. The van der Waals surface area contributed by atoms with Crippen molar-refractivity contribution in [3.05, 3.63) is 59.1 Å². The number of aromatic amines is 1. The number of benzene rings is 1. The normalized spacial score (nSPS) is 12.0. The minimum atomic E-state index is -3.74. The molecule has 2 aromatic heterocycles. The summed E-state index contributed by atoms with van der Waals surface area (Å²) in [6.45, 7) is 6.49. The average Bonchev–Trinajstić information content (AvgIpc) is 3.01. The van der Waals surface area contributed by atoms with Crippen LogP contribution in [0.1, 0.15) is 27.7 Å². The van der Waals surface area contributed by atoms with Gasteiger partial charge in [0.2, 0.25) is 10.0 Å². The van der Waals surface area contributed by atoms with Gasteiger partial charge in [-0.15, -0.1) is 0 Å². The van der Waals surface area contributed by atoms with Crippen molar-refractivity contribution >= 4 is 16.0 Å². The lowest BCUT2D eigenvalue weighted by atomic mass is 10.1. The minimum Gasteiger partial charge on any atom is -0.426 e. The van der Waals surface area contributed by atoms with Crippen LogP contribution in [0.2, 0.25) is 0 Å². The largest absolute Gasteiger partial charge is 0.426 e. The van der Waals surface area contributed by atoms with E-state index >= 15 is 0 Å². The van der Waals surface area contributed by atoms with Crippen molar-refractivity contribution in [2.45, 2.75) is 38.1 Å². The van der Waals surface area contributed by atoms with E-state index in [2.05, 4.69) is 14.8 Å². The van der Waals surface area contributed by atoms with Crippen LogP contribution in [0, 0.1) is 0 Å². The number of hydrogen-bond donors (Lipinski definition) is 2. The first-order valence-electron chi connectivity index (χ1n) is 9.06. The number of aromatic nitrogens is 3. The molecule has 3 rings (SSSR count). The van der Waals surface area contributed by atoms with Crippen LogP contribution in [0.3, 0.4) is 0 Å². The molecule has 30 heavy (non-hydrogen) atoms. The molecule has 0 spiro atoms. The molecule has 158 valence electrons. The Labute approximate surface area is 173 Å². The van der Waals surface area contributed by atoms with Crippen LogP contribution in [-0.2, 0) is 14.8 Å². The van der Waals surface area contributed by atoms with Crippen molar-refractivity contribution in [2.24, 2.45) is 0 Å². The molecule has 0 fully saturated rings. The maximum Gasteiger partial charge on any atom is 0.308 e. The predicted octanol–water partition coefficient (Wildman–Crippen LogP) is 2.23. The molecule has 0 saturated heterocycles. The highest BCUT2D eigenvalue weighted by Gasteiger charge is 2.22. The predicted molar refractivity (Wildman–Crippen MR) is 111 cm³/mol. The summed E-state index contributed by atoms with van der Waals surface area (Å²) in [5, 5.41) is 2.80. The molecular weight excluding hydrogens is 408 g/mol. The molecule has 0 atom stereocenters. The molecule has 0 bridgehead atoms. The van der Waals surface area contributed by atoms with Crippen molar-refractivity contribution in [1.82, 2.24) is 19.5 Å². The zero-order valence-electron chi connectivity index (χ0n) is 17.0. The fraction of sp³-hybridized carbons (Fsp3) is 0.250. The van der Waals surface area contributed by atoms with E-state index in [0.29, 0.717) is 5.56 Å². The Morgan fingerprint density at radius 2 is 1.83 bits per heavy atom. The Kier molecular flexibility index (Phi) is 5.64. The number of sulfonamides is 1. The highest BCUT2D eigenvalue weighted by atomic mass is 32.2. The fourth-order valence-corrected chi connectivity index (χ4v) is 4.15. The standard InChI is InChI=1S/C20H22N4O5S/c1-13(25)29-17-8-6-5-7-15(17)16-12-22-24(19(16)26)18-10-9-14(11-21-18)30(27,28)23-20(2,3)4/h5-12,22-23H,1-4H3. The summed E-state index contributed by atoms with van der Waals surface area (Å²) in [6.07, 6.45) is 2.65. The summed E-state index contributed by atoms with van der Waals surface area (Å²) in [5.74, 6) is -0.0255. The second-order valence-corrected chi connectivity index (χ2v) is 9.31. The number of esters is 1. The Morgan fingerprint density at radius 1 is 1.13 bits per heavy atom. The van der Waals surface area contributed by atoms with Gasteiger partial charge in [0.1, 0.15) is 10.6 Å². The zero-order valence-corrected chi connectivity index (χ0v) is 17.8. The number of pyridine rings is 1. The maximum absolute atomic E-state index is 12.9. The van der Waals surface area contributed by atoms with Crippen molar-refractivity contribution in [3.8, 4) is 22.7 Å². The highest BCUT2D eigenvalue weighted by Crippen LogP contribution is 2.27. The lowest BCUT2D eigenvalue weighted by Crippen LogP contribution is -2.40. The molecule has 0 aliphatic rings. The van der Waals surface area contributed by atoms with Crippen LogP contribution >= 0.6 is 0 Å². The number of carbonyl (C=O) groups is 1. The van der Waals surface area contributed by atoms with Gasteiger partial charge >= 0.3 is 5.97 Å². The third-order valence-corrected chi connectivity index (χ3v) is 5.65. The number of hydrogen-bond acceptors (Lipinski definition) is 6. The van der Waals surface area contributed by atoms with E-state index < -0.39 is 27.1 Å². The first-order valence-corrected chi connectivity index (χ1v) is 10.5. The van der Waals surface area contributed by atoms with Crippen molar-refractivity contribution in [3.63, 3.8) is 0 Å². The van der Waals surface area contributed by atoms with Crippen molar-refractivity contribution < 1.29 is 17.9 Å². The highest BCUT2D eigenvalue weighted by molar-refractivity contribution is 7.89. The van der Waals surface area contributed by atoms with Crippen LogP contribution < -0.4 is 15.0 Å². The molecule has 0 aliphatic heterocycles. The van der Waals surface area contributed by atoms with Crippen LogP contribution in [-0.4, -0.2) is 34.7 Å². The number of rotatable bonds is 5. The number of nitrogens with one attached hydrogen (secondary N) is 2. The van der Waals surface area contributed by atoms with Gasteiger partial charge in [0.05, 0.1) is 5.56 Å². The van der Waals surface area contributed by atoms with Crippen LogP contribution in [0.5, 0.6) is 5.75 Å². The summed E-state index contributed by atoms with van der Waals surface area (Å²) in [4.78, 5) is 28.3. The molecule has 10 heteroatoms. The molecule has 2 heterocycles. The van der Waals surface area contributed by atoms with Gasteiger partial charge in [-0.2, -0.15) is 0 Å². The maximum atomic E-state index is 12.9. The summed E-state index contributed by atoms with van der Waals surface area (Å²) in [7, 11) is -3.74. The van der Waals surface area contributed by atoms with E-state index in [1.54, 1.807) is 45.0 Å². The van der Waals surface area contributed by atoms with Crippen molar-refractivity contribution in [1.29, 1.82) is 0 Å². The number of ether oxygens (including phenoxy) is 1. The van der Waals surface area contributed by atoms with E-state index in [-0.39, 0.29) is 22.0 Å². The number of carbonyl (C=O) groups excluding carboxylic acids is 1. The zero-order chi connectivity index (χ0) is 22.1. The Bertz CT molecular complexity index is 1240. The third-order valence-electron chi connectivity index (χ3n) is 3.90. The van der Waals surface area contributed by atoms with Gasteiger partial charge in [-0.3, -0.25) is 14.7 Å². The lowest BCUT2D eigenvalue weighted by Gasteiger charge is -2.20. The SMILES string of the molecule is CC(=O)Oc1ccccc1-c1c[nH]n(-c2ccc(S(=O)(=O)NC(C)(C)C)cn2)c1=O. The number of H-pyrrole nitrogens is 1. The quantitative estimate of drug-likeness (QED) is 0.473. The number of para-hydroxylation sites is 1. The molecule has 0 aliphatic carbocycles. The third kappa shape index (κ3) is 4.66. The monoisotopic (exact) mass is 430 g/mol. The van der Waals surface area contributed by atoms with E-state index in [4.69, 9.17) is 4.74 Å². The summed E-state index contributed by atoms with van der Waals surface area (Å²) < 4.78 is 33.7. The van der Waals surface area contributed by atoms with Gasteiger partial charge in [-0.05, 0) is 39.0 Å². The van der Waals surface area contributed by atoms with E-state index in [1.807, 2.05) is 0 Å². The summed E-state index contributed by atoms with van der Waals surface area (Å²) in [6, 6.07) is 9.47. The van der Waals surface area contributed by atoms with E-state index in [1.165, 1.54) is 36.1 Å². The van der Waals surface area contributed by atoms with E-state index in [0.717, 1.165) is 0 Å². The summed E-state index contributed by atoms with van der Waals surface area (Å²) in [5.41, 5.74) is -0.343. The molecule has 0 amide bonds. The van der Waals surface area contributed by atoms with Gasteiger partial charge in [-0.25, -0.2) is 22.8 Å². The topological polar surface area (TPSA) is 123 Å². The van der Waals surface area contributed by atoms with Gasteiger partial charge in [0.15, 0.2) is 5.82 Å². The molecule has 1 aromatic carbocycles. The second-order valence-electron chi connectivity index (χ2n) is 7.63. The Hall–Kier alpha value is -3.24. The minimum absolute atomic E-state index is 0.0128. The van der Waals surface area contributed by atoms with Crippen LogP contribution in [0.4, 0.5) is 0 Å². The average molecular weight is 430 g/mol. The lowest BCUT2D eigenvalue weighted by molar-refractivity contribution is -0.131. The summed E-state index contributed by atoms with van der Waals surface area (Å²) >= 11 is 0. The smallest absolute Gasteiger partial charge is 0.308 e. The molecular formula is C20H22N4O5S. The van der Waals surface area contributed by atoms with Gasteiger partial charge in [-0.1, -0.05) is 18.2 Å². The van der Waals surface area contributed by atoms with Crippen LogP contribution in [0.25, 0.3) is 16.9 Å². The molecule has 0 radical (unpaired) electrons.